The molecule has 3 aliphatic carbocycles. The standard InChI is InChI=1S/C105H108N4O3/c1-97(2,3)61-25-31-64(32-26-61)106(67-37-46-73(110-22)47-38-67)70-43-52-76-79(55-70)100(10,11)82-58-85-94-91(88(76)82)103(16,17)86-59-83-90(78-54-45-72(57-81(78)101(83,12)13)108(69-41-50-75(112-24)51-42-69)66-35-29-63(30-36-66)99(7,8)9)93-95(86)109(94)96-87(105(93,20)21)60-84-89(92(96)104(85,18)19)77-53-44-71(56-80(77)102(84,14)15)107(68-39-48-74(111-23)49-40-68)65-33-27-62(28-34-65)98(4,5)6/h25-60H,1-24H3. The molecule has 0 saturated carbocycles. The van der Waals surface area contributed by atoms with Crippen molar-refractivity contribution in [3.63, 3.8) is 0 Å². The average Bonchev–Trinajstić information content (AvgIpc) is 1.25. The number of methoxy groups -OCH3 is 3. The highest BCUT2D eigenvalue weighted by atomic mass is 16.5. The van der Waals surface area contributed by atoms with Crippen LogP contribution in [0.4, 0.5) is 68.2 Å². The first-order chi connectivity index (χ1) is 52.8. The van der Waals surface area contributed by atoms with Crippen LogP contribution in [0.5, 0.6) is 17.2 Å². The third kappa shape index (κ3) is 10.3. The SMILES string of the molecule is COc1ccc(N(c2ccc(C(C)(C)C)cc2)c2ccc3c(c2)C(C)(C)c2cc4c5c(c2-3)C(C)(C)c2cc3c(c6c2N5c2c(cc5c(c2C4(C)C)-c2ccc(N(c4ccc(OC)cc4)c4ccc(C(C)(C)C)cc4)cc2C5(C)C)C6(C)C)-c2ccc(N(c4ccc(OC)cc4)c4ccc(C(C)(C)C)cc4)cc2C3(C)C)cc1. The van der Waals surface area contributed by atoms with E-state index in [1.807, 2.05) is 0 Å². The lowest BCUT2D eigenvalue weighted by molar-refractivity contribution is 0.414. The zero-order chi connectivity index (χ0) is 79.2. The molecule has 0 spiro atoms. The Kier molecular flexibility index (Phi) is 15.7. The van der Waals surface area contributed by atoms with E-state index in [1.165, 1.54) is 134 Å². The molecule has 0 saturated heterocycles. The summed E-state index contributed by atoms with van der Waals surface area (Å²) in [4.78, 5) is 10.2. The van der Waals surface area contributed by atoms with Crippen LogP contribution >= 0.6 is 0 Å². The maximum absolute atomic E-state index is 5.78. The van der Waals surface area contributed by atoms with Crippen molar-refractivity contribution in [1.82, 2.24) is 0 Å². The number of anilines is 12. The van der Waals surface area contributed by atoms with Gasteiger partial charge in [-0.2, -0.15) is 0 Å². The lowest BCUT2D eigenvalue weighted by atomic mass is 9.57. The fourth-order valence-corrected chi connectivity index (χ4v) is 20.5. The minimum absolute atomic E-state index is 0.00355. The molecule has 0 aromatic heterocycles. The van der Waals surface area contributed by atoms with Gasteiger partial charge in [0.15, 0.2) is 0 Å². The first-order valence-corrected chi connectivity index (χ1v) is 40.4. The van der Waals surface area contributed by atoms with Crippen LogP contribution in [0.2, 0.25) is 0 Å². The van der Waals surface area contributed by atoms with Crippen LogP contribution in [0.25, 0.3) is 33.4 Å². The number of benzene rings is 12. The second-order valence-electron chi connectivity index (χ2n) is 39.0. The van der Waals surface area contributed by atoms with Crippen molar-refractivity contribution in [2.75, 3.05) is 40.9 Å². The summed E-state index contributed by atoms with van der Waals surface area (Å²) >= 11 is 0. The van der Waals surface area contributed by atoms with E-state index in [0.717, 1.165) is 68.4 Å². The molecule has 18 rings (SSSR count). The smallest absolute Gasteiger partial charge is 0.119 e. The van der Waals surface area contributed by atoms with Crippen LogP contribution in [-0.2, 0) is 48.7 Å². The molecule has 0 N–H and O–H groups in total. The third-order valence-corrected chi connectivity index (χ3v) is 27.1. The zero-order valence-corrected chi connectivity index (χ0v) is 70.3. The van der Waals surface area contributed by atoms with E-state index in [9.17, 15) is 0 Å². The summed E-state index contributed by atoms with van der Waals surface area (Å²) in [5.41, 5.74) is 39.6. The van der Waals surface area contributed by atoms with Crippen molar-refractivity contribution in [3.8, 4) is 50.6 Å². The molecule has 0 atom stereocenters. The first-order valence-electron chi connectivity index (χ1n) is 40.4. The van der Waals surface area contributed by atoms with Gasteiger partial charge >= 0.3 is 0 Å². The van der Waals surface area contributed by atoms with E-state index in [-0.39, 0.29) is 16.2 Å². The number of rotatable bonds is 12. The van der Waals surface area contributed by atoms with E-state index in [2.05, 4.69) is 383 Å². The Morgan fingerprint density at radius 1 is 0.232 bits per heavy atom. The fraction of sp³-hybridized carbons (Fsp3) is 0.314. The minimum atomic E-state index is -0.503. The highest BCUT2D eigenvalue weighted by Crippen LogP contribution is 2.74. The van der Waals surface area contributed by atoms with Crippen LogP contribution in [-0.4, -0.2) is 21.3 Å². The molecule has 566 valence electrons. The topological polar surface area (TPSA) is 40.7 Å². The Morgan fingerprint density at radius 3 is 0.643 bits per heavy atom. The summed E-state index contributed by atoms with van der Waals surface area (Å²) in [6, 6.07) is 83.7. The van der Waals surface area contributed by atoms with E-state index in [1.54, 1.807) is 21.3 Å². The molecule has 12 aromatic rings. The number of hydrogen-bond acceptors (Lipinski definition) is 7. The number of nitrogens with zero attached hydrogens (tertiary/aromatic N) is 4. The molecular formula is C105H108N4O3. The molecule has 7 nitrogen and oxygen atoms in total. The number of ether oxygens (including phenoxy) is 3. The highest BCUT2D eigenvalue weighted by Gasteiger charge is 2.59. The predicted octanol–water partition coefficient (Wildman–Crippen LogP) is 28.3. The van der Waals surface area contributed by atoms with Gasteiger partial charge in [0.05, 0.1) is 38.4 Å². The van der Waals surface area contributed by atoms with Gasteiger partial charge in [-0.1, -0.05) is 218 Å². The lowest BCUT2D eigenvalue weighted by Gasteiger charge is -2.57. The largest absolute Gasteiger partial charge is 0.497 e. The Morgan fingerprint density at radius 2 is 0.438 bits per heavy atom. The summed E-state index contributed by atoms with van der Waals surface area (Å²) in [7, 11) is 5.24. The van der Waals surface area contributed by atoms with Crippen LogP contribution in [0.15, 0.2) is 218 Å². The fourth-order valence-electron chi connectivity index (χ4n) is 20.5. The van der Waals surface area contributed by atoms with Crippen LogP contribution < -0.4 is 33.8 Å². The maximum Gasteiger partial charge on any atom is 0.119 e. The predicted molar refractivity (Wildman–Crippen MR) is 470 cm³/mol. The molecule has 0 fully saturated rings. The Balaban J connectivity index is 0.886. The van der Waals surface area contributed by atoms with Crippen molar-refractivity contribution in [1.29, 1.82) is 0 Å². The van der Waals surface area contributed by atoms with E-state index in [4.69, 9.17) is 14.2 Å². The number of hydrogen-bond donors (Lipinski definition) is 0. The van der Waals surface area contributed by atoms with Crippen LogP contribution in [0, 0.1) is 0 Å². The zero-order valence-electron chi connectivity index (χ0n) is 70.3. The van der Waals surface area contributed by atoms with Gasteiger partial charge in [0, 0.05) is 83.7 Å². The Labute approximate surface area is 665 Å². The van der Waals surface area contributed by atoms with Crippen LogP contribution in [0.3, 0.4) is 0 Å². The van der Waals surface area contributed by atoms with Crippen molar-refractivity contribution in [2.45, 2.75) is 194 Å². The summed E-state index contributed by atoms with van der Waals surface area (Å²) in [6.45, 7) is 51.1. The second kappa shape index (κ2) is 24.1. The number of fused-ring (bicyclic) bond motifs is 12. The molecule has 0 radical (unpaired) electrons. The summed E-state index contributed by atoms with van der Waals surface area (Å²) < 4.78 is 17.3. The van der Waals surface area contributed by atoms with Gasteiger partial charge in [0.1, 0.15) is 17.2 Å². The van der Waals surface area contributed by atoms with Gasteiger partial charge < -0.3 is 33.8 Å². The van der Waals surface area contributed by atoms with Gasteiger partial charge in [-0.05, 0) is 279 Å². The van der Waals surface area contributed by atoms with Crippen molar-refractivity contribution in [2.24, 2.45) is 0 Å². The Hall–Kier alpha value is -10.8. The molecule has 0 unspecified atom stereocenters. The quantitative estimate of drug-likeness (QED) is 0.121. The molecule has 7 heteroatoms. The van der Waals surface area contributed by atoms with Crippen molar-refractivity contribution < 1.29 is 14.2 Å². The van der Waals surface area contributed by atoms with Gasteiger partial charge in [-0.3, -0.25) is 0 Å². The van der Waals surface area contributed by atoms with Crippen LogP contribution in [0.1, 0.15) is 229 Å². The summed E-state index contributed by atoms with van der Waals surface area (Å²) in [5.74, 6) is 2.49. The van der Waals surface area contributed by atoms with Gasteiger partial charge in [-0.25, -0.2) is 0 Å². The highest BCUT2D eigenvalue weighted by molar-refractivity contribution is 6.09. The third-order valence-electron chi connectivity index (χ3n) is 27.1. The summed E-state index contributed by atoms with van der Waals surface area (Å²) in [6.07, 6.45) is 0. The van der Waals surface area contributed by atoms with Gasteiger partial charge in [-0.15, -0.1) is 0 Å². The van der Waals surface area contributed by atoms with E-state index >= 15 is 0 Å². The first kappa shape index (κ1) is 72.8. The normalized spacial score (nSPS) is 16.4. The van der Waals surface area contributed by atoms with Crippen molar-refractivity contribution >= 4 is 68.2 Å². The lowest BCUT2D eigenvalue weighted by Crippen LogP contribution is -2.45. The summed E-state index contributed by atoms with van der Waals surface area (Å²) in [5, 5.41) is 0. The molecule has 0 bridgehead atoms. The van der Waals surface area contributed by atoms with Gasteiger partial charge in [0.25, 0.3) is 0 Å². The van der Waals surface area contributed by atoms with E-state index in [0.29, 0.717) is 0 Å². The maximum atomic E-state index is 5.78. The monoisotopic (exact) mass is 1470 g/mol. The minimum Gasteiger partial charge on any atom is -0.497 e. The van der Waals surface area contributed by atoms with Gasteiger partial charge in [0.2, 0.25) is 0 Å². The molecule has 12 aromatic carbocycles. The molecule has 3 heterocycles. The second-order valence-corrected chi connectivity index (χ2v) is 39.0. The molecule has 3 aliphatic heterocycles. The van der Waals surface area contributed by atoms with Crippen molar-refractivity contribution in [3.05, 3.63) is 302 Å². The molecule has 112 heavy (non-hydrogen) atoms. The molecule has 6 aliphatic rings. The Bertz CT molecular complexity index is 5330. The molecular weight excluding hydrogens is 1370 g/mol. The average molecular weight is 1470 g/mol. The van der Waals surface area contributed by atoms with E-state index < -0.39 is 32.5 Å². The molecule has 0 amide bonds.